The highest BCUT2D eigenvalue weighted by atomic mass is 16.5. The predicted molar refractivity (Wildman–Crippen MR) is 102 cm³/mol. The van der Waals surface area contributed by atoms with Crippen molar-refractivity contribution >= 4 is 5.78 Å². The third-order valence-electron chi connectivity index (χ3n) is 4.50. The summed E-state index contributed by atoms with van der Waals surface area (Å²) in [5.74, 6) is -0.759. The Bertz CT molecular complexity index is 826. The van der Waals surface area contributed by atoms with Crippen LogP contribution in [0.2, 0.25) is 0 Å². The van der Waals surface area contributed by atoms with Crippen molar-refractivity contribution in [3.05, 3.63) is 41.0 Å². The van der Waals surface area contributed by atoms with Crippen molar-refractivity contribution in [1.82, 2.24) is 0 Å². The molecule has 0 aliphatic carbocycles. The highest BCUT2D eigenvalue weighted by molar-refractivity contribution is 6.02. The second kappa shape index (κ2) is 8.66. The van der Waals surface area contributed by atoms with Crippen LogP contribution in [0.4, 0.5) is 0 Å². The summed E-state index contributed by atoms with van der Waals surface area (Å²) in [6.07, 6.45) is 1.53. The van der Waals surface area contributed by atoms with Gasteiger partial charge in [-0.25, -0.2) is 0 Å². The number of carbonyl (C=O) groups is 1. The minimum Gasteiger partial charge on any atom is -0.507 e. The van der Waals surface area contributed by atoms with E-state index in [0.717, 1.165) is 18.1 Å². The Balaban J connectivity index is 2.21. The van der Waals surface area contributed by atoms with E-state index >= 15 is 0 Å². The molecule has 0 saturated heterocycles. The van der Waals surface area contributed by atoms with Gasteiger partial charge in [0.15, 0.2) is 17.3 Å². The molecule has 0 aliphatic heterocycles. The van der Waals surface area contributed by atoms with E-state index in [-0.39, 0.29) is 34.8 Å². The van der Waals surface area contributed by atoms with Gasteiger partial charge in [-0.1, -0.05) is 19.9 Å². The molecule has 0 spiro atoms. The van der Waals surface area contributed by atoms with E-state index in [1.807, 2.05) is 13.8 Å². The third-order valence-corrected chi connectivity index (χ3v) is 4.50. The molecule has 146 valence electrons. The maximum absolute atomic E-state index is 12.6. The largest absolute Gasteiger partial charge is 0.507 e. The van der Waals surface area contributed by atoms with Crippen LogP contribution in [-0.4, -0.2) is 33.3 Å². The van der Waals surface area contributed by atoms with Crippen LogP contribution >= 0.6 is 0 Å². The lowest BCUT2D eigenvalue weighted by atomic mass is 9.95. The van der Waals surface area contributed by atoms with E-state index in [4.69, 9.17) is 4.74 Å². The average molecular weight is 374 g/mol. The summed E-state index contributed by atoms with van der Waals surface area (Å²) in [5.41, 5.74) is 0.879. The zero-order valence-corrected chi connectivity index (χ0v) is 15.8. The number of ether oxygens (including phenoxy) is 1. The topological polar surface area (TPSA) is 107 Å². The van der Waals surface area contributed by atoms with Crippen LogP contribution in [-0.2, 0) is 12.8 Å². The van der Waals surface area contributed by atoms with Gasteiger partial charge >= 0.3 is 0 Å². The summed E-state index contributed by atoms with van der Waals surface area (Å²) in [5, 5.41) is 40.2. The molecule has 2 aromatic rings. The number of methoxy groups -OCH3 is 1. The number of rotatable bonds is 8. The van der Waals surface area contributed by atoms with E-state index < -0.39 is 11.5 Å². The van der Waals surface area contributed by atoms with Crippen molar-refractivity contribution in [3.8, 4) is 28.7 Å². The predicted octanol–water partition coefficient (Wildman–Crippen LogP) is 3.92. The number of Topliss-reactive ketones (excluding diaryl/α,β-unsaturated/α-hetero) is 1. The van der Waals surface area contributed by atoms with Crippen LogP contribution in [0.5, 0.6) is 28.7 Å². The summed E-state index contributed by atoms with van der Waals surface area (Å²) in [6, 6.07) is 5.90. The van der Waals surface area contributed by atoms with Crippen LogP contribution in [0.1, 0.15) is 48.2 Å². The molecule has 0 atom stereocenters. The van der Waals surface area contributed by atoms with E-state index in [2.05, 4.69) is 0 Å². The molecule has 4 N–H and O–H groups in total. The zero-order valence-electron chi connectivity index (χ0n) is 15.8. The van der Waals surface area contributed by atoms with Crippen molar-refractivity contribution in [2.75, 3.05) is 7.11 Å². The van der Waals surface area contributed by atoms with Gasteiger partial charge in [0.1, 0.15) is 22.8 Å². The molecular formula is C21H26O6. The fourth-order valence-corrected chi connectivity index (χ4v) is 2.90. The summed E-state index contributed by atoms with van der Waals surface area (Å²) in [6.45, 7) is 4.04. The van der Waals surface area contributed by atoms with Crippen molar-refractivity contribution in [2.24, 2.45) is 5.92 Å². The van der Waals surface area contributed by atoms with Crippen LogP contribution in [0, 0.1) is 5.92 Å². The first-order valence-electron chi connectivity index (χ1n) is 8.90. The Morgan fingerprint density at radius 2 is 1.70 bits per heavy atom. The average Bonchev–Trinajstić information content (AvgIpc) is 2.60. The minimum atomic E-state index is -0.438. The Hall–Kier alpha value is -2.89. The molecule has 0 amide bonds. The lowest BCUT2D eigenvalue weighted by Gasteiger charge is -2.14. The molecule has 6 nitrogen and oxygen atoms in total. The van der Waals surface area contributed by atoms with Gasteiger partial charge in [0.2, 0.25) is 0 Å². The van der Waals surface area contributed by atoms with Crippen molar-refractivity contribution in [3.63, 3.8) is 0 Å². The molecule has 27 heavy (non-hydrogen) atoms. The van der Waals surface area contributed by atoms with Gasteiger partial charge in [0, 0.05) is 18.1 Å². The smallest absolute Gasteiger partial charge is 0.170 e. The van der Waals surface area contributed by atoms with Gasteiger partial charge in [-0.15, -0.1) is 0 Å². The number of aromatic hydroxyl groups is 4. The third kappa shape index (κ3) is 4.84. The molecule has 0 unspecified atom stereocenters. The summed E-state index contributed by atoms with van der Waals surface area (Å²) < 4.78 is 5.05. The lowest BCUT2D eigenvalue weighted by molar-refractivity contribution is 0.0977. The van der Waals surface area contributed by atoms with Gasteiger partial charge in [0.25, 0.3) is 0 Å². The summed E-state index contributed by atoms with van der Waals surface area (Å²) in [4.78, 5) is 12.6. The lowest BCUT2D eigenvalue weighted by Crippen LogP contribution is -2.05. The van der Waals surface area contributed by atoms with Crippen molar-refractivity contribution in [1.29, 1.82) is 0 Å². The molecule has 0 bridgehead atoms. The van der Waals surface area contributed by atoms with Gasteiger partial charge in [-0.2, -0.15) is 0 Å². The molecule has 0 saturated carbocycles. The second-order valence-corrected chi connectivity index (χ2v) is 6.98. The Kier molecular flexibility index (Phi) is 6.55. The zero-order chi connectivity index (χ0) is 20.1. The van der Waals surface area contributed by atoms with E-state index in [1.165, 1.54) is 13.2 Å². The standard InChI is InChI=1S/C21H26O6/c1-12(2)4-7-14-17(24)11-18(25)20(21(14)26)16(23)9-6-13-5-8-15(22)19(10-13)27-3/h5,8,10-12,22,24-26H,4,6-7,9H2,1-3H3. The van der Waals surface area contributed by atoms with Gasteiger partial charge < -0.3 is 25.2 Å². The number of carbonyl (C=O) groups excluding carboxylic acids is 1. The second-order valence-electron chi connectivity index (χ2n) is 6.98. The van der Waals surface area contributed by atoms with E-state index in [0.29, 0.717) is 24.5 Å². The fourth-order valence-electron chi connectivity index (χ4n) is 2.90. The van der Waals surface area contributed by atoms with E-state index in [9.17, 15) is 25.2 Å². The number of benzene rings is 2. The summed E-state index contributed by atoms with van der Waals surface area (Å²) >= 11 is 0. The van der Waals surface area contributed by atoms with Gasteiger partial charge in [-0.3, -0.25) is 4.79 Å². The molecular weight excluding hydrogens is 348 g/mol. The molecule has 0 radical (unpaired) electrons. The summed E-state index contributed by atoms with van der Waals surface area (Å²) in [7, 11) is 1.44. The molecule has 0 aliphatic rings. The Morgan fingerprint density at radius 1 is 1.00 bits per heavy atom. The molecule has 2 rings (SSSR count). The molecule has 0 fully saturated rings. The number of ketones is 1. The van der Waals surface area contributed by atoms with Crippen molar-refractivity contribution < 1.29 is 30.0 Å². The quantitative estimate of drug-likeness (QED) is 0.522. The number of aryl methyl sites for hydroxylation is 1. The molecule has 0 heterocycles. The molecule has 6 heteroatoms. The van der Waals surface area contributed by atoms with Gasteiger partial charge in [0.05, 0.1) is 7.11 Å². The van der Waals surface area contributed by atoms with Crippen molar-refractivity contribution in [2.45, 2.75) is 39.5 Å². The first-order chi connectivity index (χ1) is 12.7. The Morgan fingerprint density at radius 3 is 2.33 bits per heavy atom. The maximum atomic E-state index is 12.6. The minimum absolute atomic E-state index is 0.0104. The maximum Gasteiger partial charge on any atom is 0.170 e. The fraction of sp³-hybridized carbons (Fsp3) is 0.381. The number of hydrogen-bond acceptors (Lipinski definition) is 6. The monoisotopic (exact) mass is 374 g/mol. The van der Waals surface area contributed by atoms with Crippen LogP contribution in [0.25, 0.3) is 0 Å². The van der Waals surface area contributed by atoms with Crippen LogP contribution in [0.3, 0.4) is 0 Å². The van der Waals surface area contributed by atoms with E-state index in [1.54, 1.807) is 12.1 Å². The SMILES string of the molecule is COc1cc(CCC(=O)c2c(O)cc(O)c(CCC(C)C)c2O)ccc1O. The molecule has 2 aromatic carbocycles. The normalized spacial score (nSPS) is 11.0. The van der Waals surface area contributed by atoms with Crippen LogP contribution in [0.15, 0.2) is 24.3 Å². The Labute approximate surface area is 158 Å². The highest BCUT2D eigenvalue weighted by Gasteiger charge is 2.22. The number of phenolic OH excluding ortho intramolecular Hbond substituents is 4. The number of phenols is 4. The molecule has 0 aromatic heterocycles. The van der Waals surface area contributed by atoms with Gasteiger partial charge in [-0.05, 0) is 42.9 Å². The van der Waals surface area contributed by atoms with Crippen LogP contribution < -0.4 is 4.74 Å². The first-order valence-corrected chi connectivity index (χ1v) is 8.90. The number of hydrogen-bond donors (Lipinski definition) is 4. The first kappa shape index (κ1) is 20.4. The highest BCUT2D eigenvalue weighted by Crippen LogP contribution is 2.39.